The summed E-state index contributed by atoms with van der Waals surface area (Å²) in [6.45, 7) is 5.43. The van der Waals surface area contributed by atoms with Crippen molar-refractivity contribution in [2.45, 2.75) is 51.5 Å². The van der Waals surface area contributed by atoms with Gasteiger partial charge in [-0.05, 0) is 39.3 Å². The molecular weight excluding hydrogens is 216 g/mol. The molecule has 0 aliphatic carbocycles. The summed E-state index contributed by atoms with van der Waals surface area (Å²) in [5, 5.41) is 0. The van der Waals surface area contributed by atoms with Crippen molar-refractivity contribution in [3.63, 3.8) is 0 Å². The van der Waals surface area contributed by atoms with Gasteiger partial charge < -0.3 is 15.4 Å². The minimum Gasteiger partial charge on any atom is -0.465 e. The Kier molecular flexibility index (Phi) is 7.21. The van der Waals surface area contributed by atoms with Crippen molar-refractivity contribution in [3.8, 4) is 0 Å². The molecule has 1 unspecified atom stereocenters. The lowest BCUT2D eigenvalue weighted by molar-refractivity contribution is -0.144. The van der Waals surface area contributed by atoms with Gasteiger partial charge in [0.05, 0.1) is 6.61 Å². The highest BCUT2D eigenvalue weighted by Crippen LogP contribution is 2.11. The van der Waals surface area contributed by atoms with Crippen LogP contribution >= 0.6 is 0 Å². The van der Waals surface area contributed by atoms with Gasteiger partial charge in [-0.1, -0.05) is 19.3 Å². The average Bonchev–Trinajstić information content (AvgIpc) is 2.27. The van der Waals surface area contributed by atoms with Crippen molar-refractivity contribution >= 4 is 5.97 Å². The third-order valence-corrected chi connectivity index (χ3v) is 3.29. The monoisotopic (exact) mass is 242 g/mol. The van der Waals surface area contributed by atoms with Crippen LogP contribution in [0.15, 0.2) is 0 Å². The first kappa shape index (κ1) is 14.5. The van der Waals surface area contributed by atoms with E-state index in [0.29, 0.717) is 13.0 Å². The Labute approximate surface area is 104 Å². The fourth-order valence-corrected chi connectivity index (χ4v) is 2.23. The lowest BCUT2D eigenvalue weighted by atomic mass is 10.1. The molecule has 2 N–H and O–H groups in total. The van der Waals surface area contributed by atoms with Crippen LogP contribution in [0.3, 0.4) is 0 Å². The van der Waals surface area contributed by atoms with E-state index < -0.39 is 6.04 Å². The van der Waals surface area contributed by atoms with Crippen LogP contribution in [0.4, 0.5) is 0 Å². The number of carbonyl (C=O) groups excluding carboxylic acids is 1. The van der Waals surface area contributed by atoms with E-state index in [2.05, 4.69) is 4.90 Å². The van der Waals surface area contributed by atoms with Crippen LogP contribution in [0.2, 0.25) is 0 Å². The van der Waals surface area contributed by atoms with Gasteiger partial charge in [0.1, 0.15) is 6.04 Å². The normalized spacial score (nSPS) is 20.4. The molecule has 1 rings (SSSR count). The number of hydrogen-bond donors (Lipinski definition) is 1. The maximum absolute atomic E-state index is 11.4. The summed E-state index contributed by atoms with van der Waals surface area (Å²) in [6.07, 6.45) is 7.29. The smallest absolute Gasteiger partial charge is 0.322 e. The first-order chi connectivity index (χ1) is 8.24. The van der Waals surface area contributed by atoms with E-state index >= 15 is 0 Å². The maximum atomic E-state index is 11.4. The molecule has 0 amide bonds. The Morgan fingerprint density at radius 1 is 1.24 bits per heavy atom. The quantitative estimate of drug-likeness (QED) is 0.743. The summed E-state index contributed by atoms with van der Waals surface area (Å²) in [5.74, 6) is -0.264. The third kappa shape index (κ3) is 6.03. The summed E-state index contributed by atoms with van der Waals surface area (Å²) in [6, 6.07) is -0.458. The number of hydrogen-bond acceptors (Lipinski definition) is 4. The van der Waals surface area contributed by atoms with Gasteiger partial charge in [0, 0.05) is 6.54 Å². The fraction of sp³-hybridized carbons (Fsp3) is 0.923. The van der Waals surface area contributed by atoms with Crippen LogP contribution < -0.4 is 5.73 Å². The molecule has 0 saturated carbocycles. The standard InChI is InChI=1S/C13H26N2O2/c1-2-17-13(16)12(14)8-11-15-9-6-4-3-5-7-10-15/h12H,2-11,14H2,1H3. The lowest BCUT2D eigenvalue weighted by Crippen LogP contribution is -2.37. The zero-order valence-electron chi connectivity index (χ0n) is 11.0. The minimum atomic E-state index is -0.458. The van der Waals surface area contributed by atoms with Crippen LogP contribution in [-0.4, -0.2) is 43.2 Å². The first-order valence-electron chi connectivity index (χ1n) is 6.88. The van der Waals surface area contributed by atoms with Gasteiger partial charge in [-0.2, -0.15) is 0 Å². The molecule has 1 heterocycles. The molecule has 0 aromatic heterocycles. The van der Waals surface area contributed by atoms with Gasteiger partial charge in [0.25, 0.3) is 0 Å². The zero-order chi connectivity index (χ0) is 12.5. The van der Waals surface area contributed by atoms with E-state index in [9.17, 15) is 4.79 Å². The number of rotatable bonds is 5. The van der Waals surface area contributed by atoms with Crippen molar-refractivity contribution in [2.75, 3.05) is 26.2 Å². The molecule has 4 heteroatoms. The number of carbonyl (C=O) groups is 1. The zero-order valence-corrected chi connectivity index (χ0v) is 11.0. The van der Waals surface area contributed by atoms with Crippen LogP contribution in [0, 0.1) is 0 Å². The Morgan fingerprint density at radius 2 is 1.82 bits per heavy atom. The van der Waals surface area contributed by atoms with Crippen LogP contribution in [0.25, 0.3) is 0 Å². The molecular formula is C13H26N2O2. The van der Waals surface area contributed by atoms with E-state index in [0.717, 1.165) is 19.6 Å². The molecule has 17 heavy (non-hydrogen) atoms. The van der Waals surface area contributed by atoms with Crippen LogP contribution in [0.5, 0.6) is 0 Å². The van der Waals surface area contributed by atoms with Crippen molar-refractivity contribution in [1.82, 2.24) is 4.90 Å². The van der Waals surface area contributed by atoms with Crippen molar-refractivity contribution in [2.24, 2.45) is 5.73 Å². The highest BCUT2D eigenvalue weighted by molar-refractivity contribution is 5.75. The Hall–Kier alpha value is -0.610. The predicted molar refractivity (Wildman–Crippen MR) is 68.8 cm³/mol. The van der Waals surface area contributed by atoms with Crippen molar-refractivity contribution in [1.29, 1.82) is 0 Å². The summed E-state index contributed by atoms with van der Waals surface area (Å²) in [7, 11) is 0. The van der Waals surface area contributed by atoms with Gasteiger partial charge in [-0.15, -0.1) is 0 Å². The van der Waals surface area contributed by atoms with Gasteiger partial charge >= 0.3 is 5.97 Å². The fourth-order valence-electron chi connectivity index (χ4n) is 2.23. The second-order valence-electron chi connectivity index (χ2n) is 4.76. The van der Waals surface area contributed by atoms with E-state index in [-0.39, 0.29) is 5.97 Å². The summed E-state index contributed by atoms with van der Waals surface area (Å²) in [4.78, 5) is 13.8. The number of esters is 1. The Balaban J connectivity index is 2.20. The molecule has 1 aliphatic heterocycles. The first-order valence-corrected chi connectivity index (χ1v) is 6.88. The molecule has 0 radical (unpaired) electrons. The minimum absolute atomic E-state index is 0.264. The molecule has 100 valence electrons. The number of likely N-dealkylation sites (tertiary alicyclic amines) is 1. The highest BCUT2D eigenvalue weighted by atomic mass is 16.5. The molecule has 0 spiro atoms. The Bertz CT molecular complexity index is 213. The molecule has 4 nitrogen and oxygen atoms in total. The molecule has 1 saturated heterocycles. The van der Waals surface area contributed by atoms with Gasteiger partial charge in [-0.3, -0.25) is 4.79 Å². The summed E-state index contributed by atoms with van der Waals surface area (Å²) >= 11 is 0. The van der Waals surface area contributed by atoms with Gasteiger partial charge in [0.2, 0.25) is 0 Å². The SMILES string of the molecule is CCOC(=O)C(N)CCN1CCCCCCC1. The predicted octanol–water partition coefficient (Wildman–Crippen LogP) is 1.53. The summed E-state index contributed by atoms with van der Waals surface area (Å²) in [5.41, 5.74) is 5.79. The molecule has 0 bridgehead atoms. The average molecular weight is 242 g/mol. The highest BCUT2D eigenvalue weighted by Gasteiger charge is 2.16. The molecule has 1 fully saturated rings. The third-order valence-electron chi connectivity index (χ3n) is 3.29. The van der Waals surface area contributed by atoms with Crippen LogP contribution in [-0.2, 0) is 9.53 Å². The van der Waals surface area contributed by atoms with E-state index in [4.69, 9.17) is 10.5 Å². The van der Waals surface area contributed by atoms with E-state index in [1.54, 1.807) is 0 Å². The lowest BCUT2D eigenvalue weighted by Gasteiger charge is -2.25. The van der Waals surface area contributed by atoms with E-state index in [1.165, 1.54) is 32.1 Å². The largest absolute Gasteiger partial charge is 0.465 e. The molecule has 0 aromatic carbocycles. The molecule has 1 aliphatic rings. The number of nitrogens with two attached hydrogens (primary N) is 1. The van der Waals surface area contributed by atoms with Gasteiger partial charge in [-0.25, -0.2) is 0 Å². The number of nitrogens with zero attached hydrogens (tertiary/aromatic N) is 1. The van der Waals surface area contributed by atoms with Crippen LogP contribution in [0.1, 0.15) is 45.4 Å². The second kappa shape index (κ2) is 8.48. The maximum Gasteiger partial charge on any atom is 0.322 e. The summed E-state index contributed by atoms with van der Waals surface area (Å²) < 4.78 is 4.91. The van der Waals surface area contributed by atoms with E-state index in [1.807, 2.05) is 6.92 Å². The topological polar surface area (TPSA) is 55.6 Å². The Morgan fingerprint density at radius 3 is 2.41 bits per heavy atom. The molecule has 1 atom stereocenters. The van der Waals surface area contributed by atoms with Gasteiger partial charge in [0.15, 0.2) is 0 Å². The number of ether oxygens (including phenoxy) is 1. The second-order valence-corrected chi connectivity index (χ2v) is 4.76. The van der Waals surface area contributed by atoms with Crippen molar-refractivity contribution in [3.05, 3.63) is 0 Å². The van der Waals surface area contributed by atoms with Crippen molar-refractivity contribution < 1.29 is 9.53 Å². The molecule has 0 aromatic rings.